The summed E-state index contributed by atoms with van der Waals surface area (Å²) in [6, 6.07) is 16.9. The predicted octanol–water partition coefficient (Wildman–Crippen LogP) is 4.47. The molecule has 1 fully saturated rings. The first-order chi connectivity index (χ1) is 18.5. The van der Waals surface area contributed by atoms with Crippen molar-refractivity contribution in [2.24, 2.45) is 0 Å². The maximum atomic E-state index is 13.2. The van der Waals surface area contributed by atoms with Crippen LogP contribution in [0.25, 0.3) is 28.0 Å². The van der Waals surface area contributed by atoms with Crippen molar-refractivity contribution < 1.29 is 22.9 Å². The molecule has 3 aromatic carbocycles. The smallest absolute Gasteiger partial charge is 0.455 e. The summed E-state index contributed by atoms with van der Waals surface area (Å²) >= 11 is 6.10. The number of sulfonamides is 1. The topological polar surface area (TPSA) is 127 Å². The molecule has 0 saturated heterocycles. The third-order valence-electron chi connectivity index (χ3n) is 6.78. The van der Waals surface area contributed by atoms with Gasteiger partial charge in [-0.25, -0.2) is 12.7 Å². The molecule has 0 bridgehead atoms. The standard InChI is InChI=1S/C28H25BClN3O5S/c1-16(32-2)27-23-13-22(17-4-5-17)25(14-26(23)38-28(27)18-6-8-20(30)9-7-18)33(39(3,36)37)21-10-11-24(29(34)35)19(12-21)15-31/h6-14,17,32,34-35H,1,4-5H2,2-3H3. The summed E-state index contributed by atoms with van der Waals surface area (Å²) in [7, 11) is -3.99. The van der Waals surface area contributed by atoms with Crippen LogP contribution in [0.2, 0.25) is 5.02 Å². The van der Waals surface area contributed by atoms with Crippen molar-refractivity contribution >= 4 is 62.2 Å². The van der Waals surface area contributed by atoms with Crippen LogP contribution in [0.3, 0.4) is 0 Å². The molecule has 3 N–H and O–H groups in total. The Morgan fingerprint density at radius 2 is 1.87 bits per heavy atom. The van der Waals surface area contributed by atoms with Crippen LogP contribution in [-0.2, 0) is 10.0 Å². The van der Waals surface area contributed by atoms with Crippen molar-refractivity contribution in [3.63, 3.8) is 0 Å². The van der Waals surface area contributed by atoms with E-state index in [-0.39, 0.29) is 22.6 Å². The molecular formula is C28H25BClN3O5S. The molecule has 0 radical (unpaired) electrons. The Kier molecular flexibility index (Phi) is 6.95. The number of benzene rings is 3. The number of fused-ring (bicyclic) bond motifs is 1. The van der Waals surface area contributed by atoms with Gasteiger partial charge in [0.15, 0.2) is 0 Å². The average molecular weight is 562 g/mol. The van der Waals surface area contributed by atoms with Crippen molar-refractivity contribution in [3.05, 3.63) is 82.9 Å². The highest BCUT2D eigenvalue weighted by Crippen LogP contribution is 2.49. The zero-order valence-corrected chi connectivity index (χ0v) is 22.8. The lowest BCUT2D eigenvalue weighted by atomic mass is 9.77. The van der Waals surface area contributed by atoms with Crippen LogP contribution in [0.1, 0.15) is 35.4 Å². The average Bonchev–Trinajstić information content (AvgIpc) is 3.67. The van der Waals surface area contributed by atoms with Gasteiger partial charge in [0.1, 0.15) is 11.3 Å². The Bertz CT molecular complexity index is 1760. The van der Waals surface area contributed by atoms with Gasteiger partial charge in [0.2, 0.25) is 10.0 Å². The molecule has 0 atom stereocenters. The number of nitrogens with zero attached hydrogens (tertiary/aromatic N) is 2. The molecule has 0 spiro atoms. The summed E-state index contributed by atoms with van der Waals surface area (Å²) in [5.74, 6) is 0.714. The first-order valence-corrected chi connectivity index (χ1v) is 14.4. The SMILES string of the molecule is C=C(NC)c1c(-c2ccc(Cl)cc2)oc2cc(N(c3ccc(B(O)O)c(C#N)c3)S(C)(=O)=O)c(C3CC3)cc12. The Morgan fingerprint density at radius 3 is 2.44 bits per heavy atom. The van der Waals surface area contributed by atoms with E-state index in [1.165, 1.54) is 22.5 Å². The van der Waals surface area contributed by atoms with Gasteiger partial charge in [-0.1, -0.05) is 24.2 Å². The van der Waals surface area contributed by atoms with E-state index in [1.54, 1.807) is 25.2 Å². The molecule has 0 amide bonds. The number of hydrogen-bond donors (Lipinski definition) is 3. The van der Waals surface area contributed by atoms with E-state index < -0.39 is 17.1 Å². The van der Waals surface area contributed by atoms with Crippen molar-refractivity contribution in [2.75, 3.05) is 17.6 Å². The Morgan fingerprint density at radius 1 is 1.18 bits per heavy atom. The fraction of sp³-hybridized carbons (Fsp3) is 0.179. The van der Waals surface area contributed by atoms with Crippen molar-refractivity contribution in [1.82, 2.24) is 5.32 Å². The van der Waals surface area contributed by atoms with E-state index >= 15 is 0 Å². The van der Waals surface area contributed by atoms with E-state index in [0.29, 0.717) is 27.8 Å². The molecule has 39 heavy (non-hydrogen) atoms. The lowest BCUT2D eigenvalue weighted by molar-refractivity contribution is 0.425. The van der Waals surface area contributed by atoms with Crippen LogP contribution in [0, 0.1) is 11.3 Å². The zero-order chi connectivity index (χ0) is 28.1. The molecule has 198 valence electrons. The fourth-order valence-electron chi connectivity index (χ4n) is 4.78. The number of furan rings is 1. The van der Waals surface area contributed by atoms with Crippen molar-refractivity contribution in [2.45, 2.75) is 18.8 Å². The number of nitrogens with one attached hydrogen (secondary N) is 1. The van der Waals surface area contributed by atoms with Crippen LogP contribution in [0.5, 0.6) is 0 Å². The van der Waals surface area contributed by atoms with Crippen molar-refractivity contribution in [1.29, 1.82) is 5.26 Å². The minimum atomic E-state index is -3.89. The molecule has 1 saturated carbocycles. The Hall–Kier alpha value is -3.75. The Labute approximate surface area is 231 Å². The molecule has 4 aromatic rings. The molecule has 1 heterocycles. The van der Waals surface area contributed by atoms with E-state index in [0.717, 1.165) is 41.2 Å². The fourth-order valence-corrected chi connectivity index (χ4v) is 5.91. The highest BCUT2D eigenvalue weighted by Gasteiger charge is 2.33. The molecule has 5 rings (SSSR count). The summed E-state index contributed by atoms with van der Waals surface area (Å²) in [6.45, 7) is 4.17. The lowest BCUT2D eigenvalue weighted by Crippen LogP contribution is -2.33. The minimum absolute atomic E-state index is 0.0126. The van der Waals surface area contributed by atoms with Gasteiger partial charge in [0.05, 0.1) is 34.8 Å². The molecule has 8 nitrogen and oxygen atoms in total. The first kappa shape index (κ1) is 26.8. The quantitative estimate of drug-likeness (QED) is 0.271. The molecule has 1 aliphatic carbocycles. The maximum absolute atomic E-state index is 13.2. The molecule has 0 unspecified atom stereocenters. The van der Waals surface area contributed by atoms with E-state index in [9.17, 15) is 23.7 Å². The van der Waals surface area contributed by atoms with Gasteiger partial charge < -0.3 is 19.8 Å². The summed E-state index contributed by atoms with van der Waals surface area (Å²) in [6.07, 6.45) is 2.89. The van der Waals surface area contributed by atoms with Crippen LogP contribution >= 0.6 is 11.6 Å². The van der Waals surface area contributed by atoms with Gasteiger partial charge in [-0.15, -0.1) is 0 Å². The highest BCUT2D eigenvalue weighted by molar-refractivity contribution is 7.92. The summed E-state index contributed by atoms with van der Waals surface area (Å²) in [4.78, 5) is 0. The molecule has 11 heteroatoms. The predicted molar refractivity (Wildman–Crippen MR) is 155 cm³/mol. The first-order valence-electron chi connectivity index (χ1n) is 12.2. The molecule has 1 aliphatic rings. The van der Waals surface area contributed by atoms with Crippen LogP contribution in [0.4, 0.5) is 11.4 Å². The number of nitriles is 1. The number of hydrogen-bond acceptors (Lipinski definition) is 7. The normalized spacial score (nSPS) is 13.2. The van der Waals surface area contributed by atoms with E-state index in [1.807, 2.05) is 24.3 Å². The Balaban J connectivity index is 1.79. The summed E-state index contributed by atoms with van der Waals surface area (Å²) in [5, 5.41) is 33.3. The van der Waals surface area contributed by atoms with E-state index in [2.05, 4.69) is 11.9 Å². The van der Waals surface area contributed by atoms with E-state index in [4.69, 9.17) is 16.0 Å². The zero-order valence-electron chi connectivity index (χ0n) is 21.3. The van der Waals surface area contributed by atoms with Crippen LogP contribution in [-0.4, -0.2) is 38.9 Å². The van der Waals surface area contributed by atoms with Gasteiger partial charge in [-0.2, -0.15) is 5.26 Å². The second-order valence-electron chi connectivity index (χ2n) is 9.51. The maximum Gasteiger partial charge on any atom is 0.489 e. The highest BCUT2D eigenvalue weighted by atomic mass is 35.5. The number of anilines is 2. The molecule has 0 aliphatic heterocycles. The monoisotopic (exact) mass is 561 g/mol. The largest absolute Gasteiger partial charge is 0.489 e. The third kappa shape index (κ3) is 5.02. The lowest BCUT2D eigenvalue weighted by Gasteiger charge is -2.26. The number of rotatable bonds is 8. The molecular weight excluding hydrogens is 537 g/mol. The van der Waals surface area contributed by atoms with Gasteiger partial charge in [0, 0.05) is 34.8 Å². The van der Waals surface area contributed by atoms with Gasteiger partial charge in [0.25, 0.3) is 0 Å². The van der Waals surface area contributed by atoms with Gasteiger partial charge >= 0.3 is 7.12 Å². The minimum Gasteiger partial charge on any atom is -0.455 e. The summed E-state index contributed by atoms with van der Waals surface area (Å²) < 4.78 is 34.0. The molecule has 1 aromatic heterocycles. The second-order valence-corrected chi connectivity index (χ2v) is 11.8. The van der Waals surface area contributed by atoms with Crippen LogP contribution < -0.4 is 15.1 Å². The van der Waals surface area contributed by atoms with Crippen molar-refractivity contribution in [3.8, 4) is 17.4 Å². The third-order valence-corrected chi connectivity index (χ3v) is 8.11. The second kappa shape index (κ2) is 10.1. The van der Waals surface area contributed by atoms with Crippen LogP contribution in [0.15, 0.2) is 65.6 Å². The van der Waals surface area contributed by atoms with Gasteiger partial charge in [-0.05, 0) is 72.3 Å². The number of halogens is 1. The summed E-state index contributed by atoms with van der Waals surface area (Å²) in [5.41, 5.74) is 4.03. The van der Waals surface area contributed by atoms with Gasteiger partial charge in [-0.3, -0.25) is 0 Å².